The van der Waals surface area contributed by atoms with Crippen molar-refractivity contribution in [3.63, 3.8) is 0 Å². The number of nitrogens with two attached hydrogens (primary N) is 1. The molecule has 6 heteroatoms. The van der Waals surface area contributed by atoms with Crippen molar-refractivity contribution in [3.8, 4) is 0 Å². The highest BCUT2D eigenvalue weighted by molar-refractivity contribution is 5.91. The third kappa shape index (κ3) is 6.45. The standard InChI is InChI=1S/C13H25N3O3/c1-13(2,3)11(18)7-9(10(14)8-17)12(19)16-6-5-15-4/h8-10,15H,5-7,14H2,1-4H3,(H,16,19). The van der Waals surface area contributed by atoms with E-state index in [4.69, 9.17) is 5.73 Å². The zero-order chi connectivity index (χ0) is 15.1. The fourth-order valence-corrected chi connectivity index (χ4v) is 1.45. The molecule has 110 valence electrons. The summed E-state index contributed by atoms with van der Waals surface area (Å²) in [4.78, 5) is 34.7. The van der Waals surface area contributed by atoms with Gasteiger partial charge >= 0.3 is 0 Å². The number of carbonyl (C=O) groups is 3. The van der Waals surface area contributed by atoms with Crippen LogP contribution in [0.15, 0.2) is 0 Å². The van der Waals surface area contributed by atoms with Crippen LogP contribution in [0.4, 0.5) is 0 Å². The fraction of sp³-hybridized carbons (Fsp3) is 0.769. The van der Waals surface area contributed by atoms with E-state index < -0.39 is 17.4 Å². The van der Waals surface area contributed by atoms with Crippen molar-refractivity contribution in [2.45, 2.75) is 33.2 Å². The van der Waals surface area contributed by atoms with E-state index in [-0.39, 0.29) is 18.1 Å². The Morgan fingerprint density at radius 2 is 1.84 bits per heavy atom. The minimum atomic E-state index is -0.958. The molecule has 0 saturated heterocycles. The largest absolute Gasteiger partial charge is 0.355 e. The molecule has 2 unspecified atom stereocenters. The van der Waals surface area contributed by atoms with E-state index in [1.165, 1.54) is 0 Å². The van der Waals surface area contributed by atoms with Gasteiger partial charge in [0.15, 0.2) is 0 Å². The number of hydrogen-bond donors (Lipinski definition) is 3. The number of carbonyl (C=O) groups excluding carboxylic acids is 3. The van der Waals surface area contributed by atoms with Gasteiger partial charge in [-0.05, 0) is 7.05 Å². The molecule has 0 spiro atoms. The molecule has 0 aromatic rings. The molecule has 0 radical (unpaired) electrons. The lowest BCUT2D eigenvalue weighted by Crippen LogP contribution is -2.46. The van der Waals surface area contributed by atoms with Crippen LogP contribution >= 0.6 is 0 Å². The average molecular weight is 271 g/mol. The quantitative estimate of drug-likeness (QED) is 0.407. The van der Waals surface area contributed by atoms with Crippen LogP contribution in [-0.2, 0) is 14.4 Å². The maximum absolute atomic E-state index is 12.0. The van der Waals surface area contributed by atoms with Crippen LogP contribution in [0.1, 0.15) is 27.2 Å². The Labute approximate surface area is 114 Å². The Morgan fingerprint density at radius 3 is 2.26 bits per heavy atom. The normalized spacial score (nSPS) is 14.6. The van der Waals surface area contributed by atoms with Gasteiger partial charge in [-0.1, -0.05) is 20.8 Å². The van der Waals surface area contributed by atoms with Gasteiger partial charge in [0.05, 0.1) is 12.0 Å². The van der Waals surface area contributed by atoms with E-state index in [9.17, 15) is 14.4 Å². The van der Waals surface area contributed by atoms with E-state index in [0.29, 0.717) is 19.4 Å². The molecule has 0 heterocycles. The summed E-state index contributed by atoms with van der Waals surface area (Å²) >= 11 is 0. The second kappa shape index (κ2) is 8.01. The van der Waals surface area contributed by atoms with Crippen molar-refractivity contribution in [1.82, 2.24) is 10.6 Å². The summed E-state index contributed by atoms with van der Waals surface area (Å²) in [5.41, 5.74) is 5.07. The molecule has 0 aromatic carbocycles. The molecule has 0 aromatic heterocycles. The molecule has 0 aliphatic heterocycles. The summed E-state index contributed by atoms with van der Waals surface area (Å²) in [6.07, 6.45) is 0.493. The van der Waals surface area contributed by atoms with Crippen LogP contribution < -0.4 is 16.4 Å². The number of amides is 1. The summed E-state index contributed by atoms with van der Waals surface area (Å²) in [5, 5.41) is 5.55. The summed E-state index contributed by atoms with van der Waals surface area (Å²) in [6, 6.07) is -0.958. The van der Waals surface area contributed by atoms with E-state index >= 15 is 0 Å². The zero-order valence-corrected chi connectivity index (χ0v) is 12.2. The smallest absolute Gasteiger partial charge is 0.225 e. The Balaban J connectivity index is 4.68. The average Bonchev–Trinajstić information content (AvgIpc) is 2.33. The first kappa shape index (κ1) is 17.7. The minimum absolute atomic E-state index is 0.0191. The number of aldehydes is 1. The molecule has 19 heavy (non-hydrogen) atoms. The van der Waals surface area contributed by atoms with Crippen LogP contribution in [-0.4, -0.2) is 44.2 Å². The second-order valence-corrected chi connectivity index (χ2v) is 5.59. The fourth-order valence-electron chi connectivity index (χ4n) is 1.45. The summed E-state index contributed by atoms with van der Waals surface area (Å²) in [6.45, 7) is 6.37. The van der Waals surface area contributed by atoms with Gasteiger partial charge in [-0.2, -0.15) is 0 Å². The molecule has 6 nitrogen and oxygen atoms in total. The molecule has 1 amide bonds. The number of rotatable bonds is 8. The van der Waals surface area contributed by atoms with Gasteiger partial charge in [0.2, 0.25) is 5.91 Å². The predicted octanol–water partition coefficient (Wildman–Crippen LogP) is -0.530. The van der Waals surface area contributed by atoms with Gasteiger partial charge in [0.1, 0.15) is 12.1 Å². The number of hydrogen-bond acceptors (Lipinski definition) is 5. The SMILES string of the molecule is CNCCNC(=O)C(CC(=O)C(C)(C)C)C(N)C=O. The van der Waals surface area contributed by atoms with Crippen LogP contribution in [0.5, 0.6) is 0 Å². The van der Waals surface area contributed by atoms with Crippen LogP contribution in [0.25, 0.3) is 0 Å². The van der Waals surface area contributed by atoms with Gasteiger partial charge in [0, 0.05) is 24.9 Å². The number of nitrogens with one attached hydrogen (secondary N) is 2. The minimum Gasteiger partial charge on any atom is -0.355 e. The summed E-state index contributed by atoms with van der Waals surface area (Å²) in [5.74, 6) is -1.24. The lowest BCUT2D eigenvalue weighted by Gasteiger charge is -2.23. The van der Waals surface area contributed by atoms with Crippen molar-refractivity contribution >= 4 is 18.0 Å². The highest BCUT2D eigenvalue weighted by Crippen LogP contribution is 2.21. The predicted molar refractivity (Wildman–Crippen MR) is 73.5 cm³/mol. The first-order valence-corrected chi connectivity index (χ1v) is 6.40. The Bertz CT molecular complexity index is 324. The van der Waals surface area contributed by atoms with E-state index in [1.807, 2.05) is 0 Å². The van der Waals surface area contributed by atoms with Crippen molar-refractivity contribution in [2.75, 3.05) is 20.1 Å². The highest BCUT2D eigenvalue weighted by Gasteiger charge is 2.31. The van der Waals surface area contributed by atoms with Gasteiger partial charge in [0.25, 0.3) is 0 Å². The van der Waals surface area contributed by atoms with Crippen LogP contribution in [0, 0.1) is 11.3 Å². The first-order chi connectivity index (χ1) is 8.73. The molecular weight excluding hydrogens is 246 g/mol. The molecule has 0 bridgehead atoms. The van der Waals surface area contributed by atoms with E-state index in [0.717, 1.165) is 0 Å². The van der Waals surface area contributed by atoms with Gasteiger partial charge in [-0.25, -0.2) is 0 Å². The lowest BCUT2D eigenvalue weighted by atomic mass is 9.83. The van der Waals surface area contributed by atoms with E-state index in [2.05, 4.69) is 10.6 Å². The molecule has 0 rings (SSSR count). The summed E-state index contributed by atoms with van der Waals surface area (Å²) in [7, 11) is 1.77. The Morgan fingerprint density at radius 1 is 1.26 bits per heavy atom. The molecule has 0 fully saturated rings. The maximum Gasteiger partial charge on any atom is 0.225 e. The van der Waals surface area contributed by atoms with Crippen molar-refractivity contribution in [3.05, 3.63) is 0 Å². The third-order valence-electron chi connectivity index (χ3n) is 2.87. The molecule has 4 N–H and O–H groups in total. The highest BCUT2D eigenvalue weighted by atomic mass is 16.2. The number of Topliss-reactive ketones (excluding diaryl/α,β-unsaturated/α-hetero) is 1. The maximum atomic E-state index is 12.0. The topological polar surface area (TPSA) is 101 Å². The second-order valence-electron chi connectivity index (χ2n) is 5.59. The first-order valence-electron chi connectivity index (χ1n) is 6.40. The number of ketones is 1. The van der Waals surface area contributed by atoms with Crippen LogP contribution in [0.2, 0.25) is 0 Å². The molecule has 0 aliphatic rings. The third-order valence-corrected chi connectivity index (χ3v) is 2.87. The zero-order valence-electron chi connectivity index (χ0n) is 12.2. The number of likely N-dealkylation sites (N-methyl/N-ethyl adjacent to an activating group) is 1. The molecular formula is C13H25N3O3. The van der Waals surface area contributed by atoms with Gasteiger partial charge in [-0.3, -0.25) is 9.59 Å². The van der Waals surface area contributed by atoms with Crippen molar-refractivity contribution in [2.24, 2.45) is 17.1 Å². The lowest BCUT2D eigenvalue weighted by molar-refractivity contribution is -0.134. The van der Waals surface area contributed by atoms with Crippen molar-refractivity contribution in [1.29, 1.82) is 0 Å². The van der Waals surface area contributed by atoms with Crippen molar-refractivity contribution < 1.29 is 14.4 Å². The molecule has 2 atom stereocenters. The van der Waals surface area contributed by atoms with Gasteiger partial charge in [-0.15, -0.1) is 0 Å². The summed E-state index contributed by atoms with van der Waals surface area (Å²) < 4.78 is 0. The van der Waals surface area contributed by atoms with E-state index in [1.54, 1.807) is 27.8 Å². The Kier molecular flexibility index (Phi) is 7.48. The van der Waals surface area contributed by atoms with Gasteiger partial charge < -0.3 is 21.2 Å². The molecule has 0 saturated carbocycles. The Hall–Kier alpha value is -1.27. The molecule has 0 aliphatic carbocycles. The van der Waals surface area contributed by atoms with Crippen LogP contribution in [0.3, 0.4) is 0 Å². The monoisotopic (exact) mass is 271 g/mol.